The lowest BCUT2D eigenvalue weighted by molar-refractivity contribution is 0.698. The van der Waals surface area contributed by atoms with Crippen LogP contribution >= 0.6 is 0 Å². The van der Waals surface area contributed by atoms with Crippen LogP contribution in [0, 0.1) is 5.41 Å². The second-order valence-corrected chi connectivity index (χ2v) is 3.26. The maximum atomic E-state index is 7.20. The minimum Gasteiger partial charge on any atom is -0.388 e. The first-order valence-corrected chi connectivity index (χ1v) is 4.43. The molecule has 1 unspecified atom stereocenters. The molecule has 5 heteroatoms. The molecule has 1 aromatic rings. The van der Waals surface area contributed by atoms with E-state index in [0.717, 1.165) is 5.82 Å². The fourth-order valence-corrected chi connectivity index (χ4v) is 1.17. The normalized spacial score (nSPS) is 12.1. The summed E-state index contributed by atoms with van der Waals surface area (Å²) < 4.78 is 0. The summed E-state index contributed by atoms with van der Waals surface area (Å²) in [6.45, 7) is 2.00. The van der Waals surface area contributed by atoms with Crippen LogP contribution in [-0.2, 0) is 0 Å². The van der Waals surface area contributed by atoms with Crippen molar-refractivity contribution >= 4 is 11.7 Å². The van der Waals surface area contributed by atoms with Crippen LogP contribution in [0.15, 0.2) is 18.6 Å². The summed E-state index contributed by atoms with van der Waals surface area (Å²) >= 11 is 0. The first-order chi connectivity index (χ1) is 6.61. The molecule has 0 aliphatic rings. The van der Waals surface area contributed by atoms with Gasteiger partial charge in [0, 0.05) is 25.7 Å². The smallest absolute Gasteiger partial charge is 0.131 e. The Morgan fingerprint density at radius 1 is 1.71 bits per heavy atom. The van der Waals surface area contributed by atoms with Crippen molar-refractivity contribution in [2.45, 2.75) is 19.4 Å². The molecule has 0 aliphatic carbocycles. The monoisotopic (exact) mass is 193 g/mol. The molecule has 0 saturated heterocycles. The average Bonchev–Trinajstić information content (AvgIpc) is 2.17. The van der Waals surface area contributed by atoms with E-state index in [9.17, 15) is 0 Å². The Balaban J connectivity index is 2.65. The Bertz CT molecular complexity index is 297. The van der Waals surface area contributed by atoms with E-state index in [0.29, 0.717) is 6.42 Å². The maximum absolute atomic E-state index is 7.20. The van der Waals surface area contributed by atoms with Crippen molar-refractivity contribution in [3.63, 3.8) is 0 Å². The van der Waals surface area contributed by atoms with Gasteiger partial charge in [0.05, 0.1) is 5.84 Å². The van der Waals surface area contributed by atoms with Crippen LogP contribution < -0.4 is 10.6 Å². The lowest BCUT2D eigenvalue weighted by atomic mass is 10.2. The molecule has 0 bridgehead atoms. The molecule has 5 nitrogen and oxygen atoms in total. The molecule has 0 aliphatic heterocycles. The van der Waals surface area contributed by atoms with Gasteiger partial charge >= 0.3 is 0 Å². The third kappa shape index (κ3) is 2.69. The van der Waals surface area contributed by atoms with Gasteiger partial charge in [-0.15, -0.1) is 0 Å². The highest BCUT2D eigenvalue weighted by Gasteiger charge is 2.11. The van der Waals surface area contributed by atoms with E-state index in [-0.39, 0.29) is 11.9 Å². The Labute approximate surface area is 83.5 Å². The topological polar surface area (TPSA) is 78.9 Å². The van der Waals surface area contributed by atoms with Gasteiger partial charge in [-0.25, -0.2) is 9.97 Å². The van der Waals surface area contributed by atoms with E-state index in [4.69, 9.17) is 11.1 Å². The lowest BCUT2D eigenvalue weighted by Gasteiger charge is -2.25. The van der Waals surface area contributed by atoms with Gasteiger partial charge in [-0.1, -0.05) is 0 Å². The zero-order valence-corrected chi connectivity index (χ0v) is 8.44. The molecule has 0 amide bonds. The molecular formula is C9H15N5. The molecule has 76 valence electrons. The van der Waals surface area contributed by atoms with Crippen LogP contribution in [0.25, 0.3) is 0 Å². The molecule has 3 N–H and O–H groups in total. The summed E-state index contributed by atoms with van der Waals surface area (Å²) in [5.74, 6) is 1.03. The standard InChI is InChI=1S/C9H15N5/c1-7(5-8(10)11)14(2)9-3-4-12-6-13-9/h3-4,6-7H,5H2,1-2H3,(H3,10,11). The van der Waals surface area contributed by atoms with E-state index in [1.54, 1.807) is 6.20 Å². The van der Waals surface area contributed by atoms with Crippen molar-refractivity contribution in [1.82, 2.24) is 9.97 Å². The lowest BCUT2D eigenvalue weighted by Crippen LogP contribution is -2.33. The van der Waals surface area contributed by atoms with Gasteiger partial charge < -0.3 is 10.6 Å². The number of nitrogens with zero attached hydrogens (tertiary/aromatic N) is 3. The molecule has 0 fully saturated rings. The molecule has 14 heavy (non-hydrogen) atoms. The number of nitrogens with one attached hydrogen (secondary N) is 1. The Hall–Kier alpha value is -1.65. The minimum absolute atomic E-state index is 0.169. The summed E-state index contributed by atoms with van der Waals surface area (Å²) in [5, 5.41) is 7.20. The van der Waals surface area contributed by atoms with Crippen LogP contribution in [0.3, 0.4) is 0 Å². The third-order valence-electron chi connectivity index (χ3n) is 2.10. The number of hydrogen-bond donors (Lipinski definition) is 2. The average molecular weight is 193 g/mol. The number of hydrogen-bond acceptors (Lipinski definition) is 4. The van der Waals surface area contributed by atoms with Gasteiger partial charge in [0.25, 0.3) is 0 Å². The highest BCUT2D eigenvalue weighted by atomic mass is 15.2. The van der Waals surface area contributed by atoms with Crippen LogP contribution in [0.1, 0.15) is 13.3 Å². The third-order valence-corrected chi connectivity index (χ3v) is 2.10. The van der Waals surface area contributed by atoms with Crippen molar-refractivity contribution < 1.29 is 0 Å². The van der Waals surface area contributed by atoms with Crippen molar-refractivity contribution in [3.8, 4) is 0 Å². The number of amidine groups is 1. The quantitative estimate of drug-likeness (QED) is 0.543. The van der Waals surface area contributed by atoms with Crippen molar-refractivity contribution in [2.24, 2.45) is 5.73 Å². The second-order valence-electron chi connectivity index (χ2n) is 3.26. The highest BCUT2D eigenvalue weighted by molar-refractivity contribution is 5.77. The number of nitrogens with two attached hydrogens (primary N) is 1. The highest BCUT2D eigenvalue weighted by Crippen LogP contribution is 2.11. The Kier molecular flexibility index (Phi) is 3.39. The molecule has 0 saturated carbocycles. The second kappa shape index (κ2) is 4.55. The van der Waals surface area contributed by atoms with Gasteiger partial charge in [0.15, 0.2) is 0 Å². The summed E-state index contributed by atoms with van der Waals surface area (Å²) in [4.78, 5) is 9.93. The van der Waals surface area contributed by atoms with Crippen LogP contribution in [0.4, 0.5) is 5.82 Å². The molecule has 0 spiro atoms. The Morgan fingerprint density at radius 2 is 2.43 bits per heavy atom. The zero-order valence-electron chi connectivity index (χ0n) is 8.44. The van der Waals surface area contributed by atoms with Gasteiger partial charge in [-0.3, -0.25) is 5.41 Å². The van der Waals surface area contributed by atoms with Crippen molar-refractivity contribution in [2.75, 3.05) is 11.9 Å². The van der Waals surface area contributed by atoms with Gasteiger partial charge in [0.1, 0.15) is 12.1 Å². The maximum Gasteiger partial charge on any atom is 0.131 e. The summed E-state index contributed by atoms with van der Waals surface area (Å²) in [7, 11) is 1.93. The fraction of sp³-hybridized carbons (Fsp3) is 0.444. The molecule has 1 atom stereocenters. The molecule has 1 aromatic heterocycles. The first kappa shape index (κ1) is 10.4. The predicted octanol–water partition coefficient (Wildman–Crippen LogP) is 0.627. The molecule has 0 radical (unpaired) electrons. The van der Waals surface area contributed by atoms with E-state index in [1.807, 2.05) is 24.9 Å². The number of anilines is 1. The molecular weight excluding hydrogens is 178 g/mol. The van der Waals surface area contributed by atoms with Crippen LogP contribution in [0.5, 0.6) is 0 Å². The number of rotatable bonds is 4. The number of aromatic nitrogens is 2. The van der Waals surface area contributed by atoms with E-state index in [2.05, 4.69) is 9.97 Å². The fourth-order valence-electron chi connectivity index (χ4n) is 1.17. The minimum atomic E-state index is 0.169. The molecule has 1 rings (SSSR count). The summed E-state index contributed by atoms with van der Waals surface area (Å²) in [5.41, 5.74) is 5.33. The van der Waals surface area contributed by atoms with Crippen molar-refractivity contribution in [3.05, 3.63) is 18.6 Å². The SMILES string of the molecule is CC(CC(=N)N)N(C)c1ccncn1. The summed E-state index contributed by atoms with van der Waals surface area (Å²) in [6, 6.07) is 2.00. The van der Waals surface area contributed by atoms with Gasteiger partial charge in [-0.2, -0.15) is 0 Å². The largest absolute Gasteiger partial charge is 0.388 e. The molecule has 0 aromatic carbocycles. The van der Waals surface area contributed by atoms with Gasteiger partial charge in [0.2, 0.25) is 0 Å². The van der Waals surface area contributed by atoms with Crippen molar-refractivity contribution in [1.29, 1.82) is 5.41 Å². The van der Waals surface area contributed by atoms with Crippen LogP contribution in [-0.4, -0.2) is 28.9 Å². The predicted molar refractivity (Wildman–Crippen MR) is 56.4 cm³/mol. The van der Waals surface area contributed by atoms with E-state index in [1.165, 1.54) is 6.33 Å². The molecule has 1 heterocycles. The van der Waals surface area contributed by atoms with E-state index >= 15 is 0 Å². The Morgan fingerprint density at radius 3 is 2.93 bits per heavy atom. The summed E-state index contributed by atoms with van der Waals surface area (Å²) in [6.07, 6.45) is 3.74. The zero-order chi connectivity index (χ0) is 10.6. The van der Waals surface area contributed by atoms with E-state index < -0.39 is 0 Å². The first-order valence-electron chi connectivity index (χ1n) is 4.43. The van der Waals surface area contributed by atoms with Gasteiger partial charge in [-0.05, 0) is 13.0 Å². The van der Waals surface area contributed by atoms with Crippen LogP contribution in [0.2, 0.25) is 0 Å².